The summed E-state index contributed by atoms with van der Waals surface area (Å²) in [5.41, 5.74) is 2.93. The largest absolute Gasteiger partial charge is 0.455 e. The quantitative estimate of drug-likeness (QED) is 0.506. The van der Waals surface area contributed by atoms with Crippen molar-refractivity contribution < 1.29 is 13.9 Å². The Labute approximate surface area is 155 Å². The molecule has 0 spiro atoms. The van der Waals surface area contributed by atoms with Gasteiger partial charge in [0.15, 0.2) is 5.82 Å². The zero-order chi connectivity index (χ0) is 18.6. The minimum atomic E-state index is -0.477. The fourth-order valence-electron chi connectivity index (χ4n) is 2.47. The molecule has 0 saturated heterocycles. The van der Waals surface area contributed by atoms with Gasteiger partial charge < -0.3 is 9.15 Å². The van der Waals surface area contributed by atoms with Gasteiger partial charge in [-0.05, 0) is 37.3 Å². The summed E-state index contributed by atoms with van der Waals surface area (Å²) < 4.78 is 12.4. The molecule has 0 aliphatic carbocycles. The van der Waals surface area contributed by atoms with Gasteiger partial charge in [-0.2, -0.15) is 5.10 Å². The molecule has 1 aromatic carbocycles. The number of oxazole rings is 1. The number of carbonyl (C=O) groups is 1. The number of esters is 1. The highest BCUT2D eigenvalue weighted by molar-refractivity contribution is 5.89. The van der Waals surface area contributed by atoms with Crippen LogP contribution < -0.4 is 0 Å². The van der Waals surface area contributed by atoms with Crippen LogP contribution in [0.5, 0.6) is 0 Å². The molecule has 0 bridgehead atoms. The predicted octanol–water partition coefficient (Wildman–Crippen LogP) is 3.59. The number of pyridine rings is 1. The van der Waals surface area contributed by atoms with E-state index >= 15 is 0 Å². The van der Waals surface area contributed by atoms with Gasteiger partial charge in [0.05, 0.1) is 5.56 Å². The number of carbonyl (C=O) groups excluding carboxylic acids is 1. The van der Waals surface area contributed by atoms with Crippen LogP contribution in [-0.2, 0) is 11.3 Å². The van der Waals surface area contributed by atoms with Gasteiger partial charge in [0, 0.05) is 24.2 Å². The summed E-state index contributed by atoms with van der Waals surface area (Å²) in [6.45, 7) is 2.04. The van der Waals surface area contributed by atoms with Crippen LogP contribution in [0.3, 0.4) is 0 Å². The molecule has 134 valence electrons. The van der Waals surface area contributed by atoms with Crippen LogP contribution >= 0.6 is 0 Å². The van der Waals surface area contributed by atoms with E-state index in [1.165, 1.54) is 12.5 Å². The third kappa shape index (κ3) is 3.77. The van der Waals surface area contributed by atoms with Crippen LogP contribution in [0.15, 0.2) is 71.7 Å². The van der Waals surface area contributed by atoms with Crippen LogP contribution in [0, 0.1) is 6.92 Å². The van der Waals surface area contributed by atoms with Crippen LogP contribution in [0.4, 0.5) is 0 Å². The maximum Gasteiger partial charge on any atom is 0.340 e. The molecule has 7 heteroatoms. The van der Waals surface area contributed by atoms with Gasteiger partial charge in [-0.15, -0.1) is 0 Å². The molecule has 0 radical (unpaired) electrons. The van der Waals surface area contributed by atoms with Gasteiger partial charge in [0.2, 0.25) is 5.89 Å². The number of hydrogen-bond donors (Lipinski definition) is 0. The first kappa shape index (κ1) is 16.7. The fraction of sp³-hybridized carbons (Fsp3) is 0.100. The molecule has 0 atom stereocenters. The standard InChI is InChI=1S/C20H16N4O3/c1-14-3-5-15(6-4-14)19-23-17(12-26-19)13-27-20(25)16-7-8-18(21-11-16)24-10-2-9-22-24/h2-12H,13H2,1H3. The minimum absolute atomic E-state index is 0.0229. The lowest BCUT2D eigenvalue weighted by Crippen LogP contribution is -2.07. The van der Waals surface area contributed by atoms with Crippen molar-refractivity contribution in [1.29, 1.82) is 0 Å². The summed E-state index contributed by atoms with van der Waals surface area (Å²) in [4.78, 5) is 20.8. The van der Waals surface area contributed by atoms with Crippen molar-refractivity contribution in [3.63, 3.8) is 0 Å². The van der Waals surface area contributed by atoms with Crippen molar-refractivity contribution in [2.24, 2.45) is 0 Å². The highest BCUT2D eigenvalue weighted by atomic mass is 16.5. The Kier molecular flexibility index (Phi) is 4.49. The molecular formula is C20H16N4O3. The number of rotatable bonds is 5. The smallest absolute Gasteiger partial charge is 0.340 e. The topological polar surface area (TPSA) is 83.0 Å². The number of benzene rings is 1. The molecule has 3 aromatic heterocycles. The van der Waals surface area contributed by atoms with E-state index in [0.717, 1.165) is 11.1 Å². The highest BCUT2D eigenvalue weighted by Gasteiger charge is 2.12. The third-order valence-corrected chi connectivity index (χ3v) is 3.92. The summed E-state index contributed by atoms with van der Waals surface area (Å²) in [6.07, 6.45) is 6.38. The zero-order valence-electron chi connectivity index (χ0n) is 14.6. The van der Waals surface area contributed by atoms with E-state index in [9.17, 15) is 4.79 Å². The van der Waals surface area contributed by atoms with Crippen LogP contribution in [0.2, 0.25) is 0 Å². The van der Waals surface area contributed by atoms with Gasteiger partial charge in [-0.1, -0.05) is 17.7 Å². The van der Waals surface area contributed by atoms with E-state index in [1.807, 2.05) is 31.2 Å². The highest BCUT2D eigenvalue weighted by Crippen LogP contribution is 2.19. The minimum Gasteiger partial charge on any atom is -0.455 e. The Bertz CT molecular complexity index is 1040. The summed E-state index contributed by atoms with van der Waals surface area (Å²) in [6, 6.07) is 13.0. The second-order valence-electron chi connectivity index (χ2n) is 5.94. The molecule has 0 fully saturated rings. The van der Waals surface area contributed by atoms with Crippen molar-refractivity contribution in [3.8, 4) is 17.3 Å². The second-order valence-corrected chi connectivity index (χ2v) is 5.94. The van der Waals surface area contributed by atoms with Crippen LogP contribution in [0.1, 0.15) is 21.6 Å². The van der Waals surface area contributed by atoms with Crippen molar-refractivity contribution in [3.05, 3.63) is 84.1 Å². The fourth-order valence-corrected chi connectivity index (χ4v) is 2.47. The van der Waals surface area contributed by atoms with E-state index < -0.39 is 5.97 Å². The summed E-state index contributed by atoms with van der Waals surface area (Å²) >= 11 is 0. The van der Waals surface area contributed by atoms with E-state index in [2.05, 4.69) is 15.1 Å². The summed E-state index contributed by atoms with van der Waals surface area (Å²) in [5, 5.41) is 4.09. The summed E-state index contributed by atoms with van der Waals surface area (Å²) in [5.74, 6) is 0.636. The lowest BCUT2D eigenvalue weighted by molar-refractivity contribution is 0.0467. The van der Waals surface area contributed by atoms with Crippen molar-refractivity contribution in [1.82, 2.24) is 19.7 Å². The monoisotopic (exact) mass is 360 g/mol. The molecular weight excluding hydrogens is 344 g/mol. The molecule has 0 amide bonds. The Balaban J connectivity index is 1.38. The molecule has 3 heterocycles. The lowest BCUT2D eigenvalue weighted by atomic mass is 10.1. The first-order chi connectivity index (χ1) is 13.2. The number of nitrogens with zero attached hydrogens (tertiary/aromatic N) is 4. The number of hydrogen-bond acceptors (Lipinski definition) is 6. The molecule has 0 aliphatic heterocycles. The van der Waals surface area contributed by atoms with E-state index in [1.54, 1.807) is 35.3 Å². The van der Waals surface area contributed by atoms with Gasteiger partial charge in [0.25, 0.3) is 0 Å². The van der Waals surface area contributed by atoms with Gasteiger partial charge in [0.1, 0.15) is 18.6 Å². The molecule has 0 saturated carbocycles. The Morgan fingerprint density at radius 3 is 2.74 bits per heavy atom. The molecule has 0 aliphatic rings. The van der Waals surface area contributed by atoms with E-state index in [0.29, 0.717) is 23.0 Å². The van der Waals surface area contributed by atoms with Gasteiger partial charge >= 0.3 is 5.97 Å². The zero-order valence-corrected chi connectivity index (χ0v) is 14.6. The average molecular weight is 360 g/mol. The van der Waals surface area contributed by atoms with Gasteiger partial charge in [-0.25, -0.2) is 19.4 Å². The van der Waals surface area contributed by atoms with E-state index in [-0.39, 0.29) is 6.61 Å². The Morgan fingerprint density at radius 2 is 2.04 bits per heavy atom. The molecule has 4 rings (SSSR count). The van der Waals surface area contributed by atoms with Crippen molar-refractivity contribution in [2.45, 2.75) is 13.5 Å². The van der Waals surface area contributed by atoms with E-state index in [4.69, 9.17) is 9.15 Å². The summed E-state index contributed by atoms with van der Waals surface area (Å²) in [7, 11) is 0. The van der Waals surface area contributed by atoms with Crippen LogP contribution in [-0.4, -0.2) is 25.7 Å². The van der Waals surface area contributed by atoms with Crippen molar-refractivity contribution >= 4 is 5.97 Å². The SMILES string of the molecule is Cc1ccc(-c2nc(COC(=O)c3ccc(-n4cccn4)nc3)co2)cc1. The second kappa shape index (κ2) is 7.25. The Morgan fingerprint density at radius 1 is 1.19 bits per heavy atom. The molecule has 4 aromatic rings. The maximum absolute atomic E-state index is 12.2. The van der Waals surface area contributed by atoms with Crippen LogP contribution in [0.25, 0.3) is 17.3 Å². The Hall–Kier alpha value is -3.74. The number of aromatic nitrogens is 4. The normalized spacial score (nSPS) is 10.7. The van der Waals surface area contributed by atoms with Crippen molar-refractivity contribution in [2.75, 3.05) is 0 Å². The average Bonchev–Trinajstić information content (AvgIpc) is 3.39. The first-order valence-corrected chi connectivity index (χ1v) is 8.34. The lowest BCUT2D eigenvalue weighted by Gasteiger charge is -2.04. The maximum atomic E-state index is 12.2. The first-order valence-electron chi connectivity index (χ1n) is 8.34. The third-order valence-electron chi connectivity index (χ3n) is 3.92. The molecule has 7 nitrogen and oxygen atoms in total. The number of ether oxygens (including phenoxy) is 1. The number of aryl methyl sites for hydroxylation is 1. The predicted molar refractivity (Wildman–Crippen MR) is 97.2 cm³/mol. The molecule has 0 unspecified atom stereocenters. The molecule has 27 heavy (non-hydrogen) atoms. The molecule has 0 N–H and O–H groups in total. The van der Waals surface area contributed by atoms with Gasteiger partial charge in [-0.3, -0.25) is 0 Å².